The van der Waals surface area contributed by atoms with Gasteiger partial charge in [0.25, 0.3) is 5.91 Å². The summed E-state index contributed by atoms with van der Waals surface area (Å²) in [6.07, 6.45) is 3.72. The SMILES string of the molecule is CCn1ncc(Br)c1CN(C)C(=O)c1cc(SC)ccc1Cl. The molecular weight excluding hydrogens is 386 g/mol. The van der Waals surface area contributed by atoms with Crippen LogP contribution in [0.25, 0.3) is 0 Å². The molecule has 0 aliphatic carbocycles. The second-order valence-corrected chi connectivity index (χ2v) is 6.90. The summed E-state index contributed by atoms with van der Waals surface area (Å²) in [5, 5.41) is 4.74. The van der Waals surface area contributed by atoms with Crippen molar-refractivity contribution in [1.82, 2.24) is 14.7 Å². The number of amides is 1. The zero-order chi connectivity index (χ0) is 16.3. The number of hydrogen-bond donors (Lipinski definition) is 0. The Hall–Kier alpha value is -0.980. The van der Waals surface area contributed by atoms with Crippen LogP contribution in [0.3, 0.4) is 0 Å². The Kier molecular flexibility index (Phi) is 5.94. The van der Waals surface area contributed by atoms with E-state index >= 15 is 0 Å². The molecule has 4 nitrogen and oxygen atoms in total. The van der Waals surface area contributed by atoms with Gasteiger partial charge in [0.05, 0.1) is 33.5 Å². The van der Waals surface area contributed by atoms with E-state index in [4.69, 9.17) is 11.6 Å². The lowest BCUT2D eigenvalue weighted by molar-refractivity contribution is 0.0781. The Morgan fingerprint density at radius 2 is 2.23 bits per heavy atom. The van der Waals surface area contributed by atoms with Crippen LogP contribution in [0, 0.1) is 0 Å². The van der Waals surface area contributed by atoms with Crippen LogP contribution < -0.4 is 0 Å². The molecule has 0 fully saturated rings. The molecule has 0 aliphatic rings. The van der Waals surface area contributed by atoms with Crippen molar-refractivity contribution in [2.75, 3.05) is 13.3 Å². The van der Waals surface area contributed by atoms with Crippen LogP contribution in [-0.2, 0) is 13.1 Å². The van der Waals surface area contributed by atoms with Gasteiger partial charge in [-0.3, -0.25) is 9.48 Å². The van der Waals surface area contributed by atoms with Gasteiger partial charge in [0.15, 0.2) is 0 Å². The Morgan fingerprint density at radius 3 is 2.86 bits per heavy atom. The van der Waals surface area contributed by atoms with Crippen molar-refractivity contribution < 1.29 is 4.79 Å². The maximum absolute atomic E-state index is 12.7. The first kappa shape index (κ1) is 17.4. The highest BCUT2D eigenvalue weighted by atomic mass is 79.9. The smallest absolute Gasteiger partial charge is 0.255 e. The highest BCUT2D eigenvalue weighted by Crippen LogP contribution is 2.25. The maximum Gasteiger partial charge on any atom is 0.255 e. The Balaban J connectivity index is 2.24. The van der Waals surface area contributed by atoms with Crippen LogP contribution in [0.2, 0.25) is 5.02 Å². The van der Waals surface area contributed by atoms with Crippen molar-refractivity contribution in [3.63, 3.8) is 0 Å². The molecule has 0 unspecified atom stereocenters. The summed E-state index contributed by atoms with van der Waals surface area (Å²) in [6.45, 7) is 3.24. The number of carbonyl (C=O) groups excluding carboxylic acids is 1. The normalized spacial score (nSPS) is 10.8. The zero-order valence-electron chi connectivity index (χ0n) is 12.6. The zero-order valence-corrected chi connectivity index (χ0v) is 15.8. The fourth-order valence-corrected chi connectivity index (χ4v) is 3.17. The van der Waals surface area contributed by atoms with Gasteiger partial charge in [0, 0.05) is 18.5 Å². The van der Waals surface area contributed by atoms with E-state index in [2.05, 4.69) is 21.0 Å². The number of nitrogens with zero attached hydrogens (tertiary/aromatic N) is 3. The maximum atomic E-state index is 12.7. The van der Waals surface area contributed by atoms with Gasteiger partial charge >= 0.3 is 0 Å². The van der Waals surface area contributed by atoms with E-state index in [-0.39, 0.29) is 5.91 Å². The number of hydrogen-bond acceptors (Lipinski definition) is 3. The van der Waals surface area contributed by atoms with Gasteiger partial charge in [-0.05, 0) is 47.3 Å². The lowest BCUT2D eigenvalue weighted by Gasteiger charge is -2.19. The van der Waals surface area contributed by atoms with Gasteiger partial charge in [0.1, 0.15) is 0 Å². The average molecular weight is 403 g/mol. The molecule has 7 heteroatoms. The molecule has 1 aromatic heterocycles. The van der Waals surface area contributed by atoms with E-state index in [1.807, 2.05) is 30.0 Å². The molecule has 22 heavy (non-hydrogen) atoms. The minimum absolute atomic E-state index is 0.100. The molecule has 2 rings (SSSR count). The van der Waals surface area contributed by atoms with E-state index in [9.17, 15) is 4.79 Å². The van der Waals surface area contributed by atoms with Crippen LogP contribution in [0.15, 0.2) is 33.8 Å². The van der Waals surface area contributed by atoms with E-state index in [1.165, 1.54) is 0 Å². The summed E-state index contributed by atoms with van der Waals surface area (Å²) in [7, 11) is 1.77. The Bertz CT molecular complexity index is 689. The van der Waals surface area contributed by atoms with Crippen molar-refractivity contribution in [2.24, 2.45) is 0 Å². The second kappa shape index (κ2) is 7.53. The molecule has 0 bridgehead atoms. The van der Waals surface area contributed by atoms with Gasteiger partial charge in [-0.1, -0.05) is 11.6 Å². The molecule has 1 amide bonds. The molecule has 0 spiro atoms. The van der Waals surface area contributed by atoms with E-state index in [0.717, 1.165) is 21.6 Å². The number of thioether (sulfide) groups is 1. The standard InChI is InChI=1S/C15H17BrClN3OS/c1-4-20-14(12(16)8-18-20)9-19(2)15(21)11-7-10(22-3)5-6-13(11)17/h5-8H,4,9H2,1-3H3. The van der Waals surface area contributed by atoms with Crippen molar-refractivity contribution in [1.29, 1.82) is 0 Å². The van der Waals surface area contributed by atoms with Crippen LogP contribution >= 0.6 is 39.3 Å². The number of benzene rings is 1. The molecule has 0 saturated heterocycles. The third kappa shape index (κ3) is 3.67. The molecule has 1 heterocycles. The first-order valence-corrected chi connectivity index (χ1v) is 9.16. The molecule has 0 aliphatic heterocycles. The number of aromatic nitrogens is 2. The molecule has 2 aromatic rings. The fourth-order valence-electron chi connectivity index (χ4n) is 2.11. The summed E-state index contributed by atoms with van der Waals surface area (Å²) in [6, 6.07) is 5.51. The third-order valence-electron chi connectivity index (χ3n) is 3.33. The van der Waals surface area contributed by atoms with Gasteiger partial charge in [0.2, 0.25) is 0 Å². The van der Waals surface area contributed by atoms with Crippen molar-refractivity contribution in [3.05, 3.63) is 45.1 Å². The van der Waals surface area contributed by atoms with Crippen LogP contribution in [0.4, 0.5) is 0 Å². The van der Waals surface area contributed by atoms with E-state index in [1.54, 1.807) is 36.0 Å². The predicted octanol–water partition coefficient (Wildman–Crippen LogP) is 4.31. The number of halogens is 2. The Labute approximate surface area is 148 Å². The summed E-state index contributed by atoms with van der Waals surface area (Å²) in [5.41, 5.74) is 1.49. The highest BCUT2D eigenvalue weighted by molar-refractivity contribution is 9.10. The van der Waals surface area contributed by atoms with Gasteiger partial charge < -0.3 is 4.90 Å². The van der Waals surface area contributed by atoms with Crippen LogP contribution in [0.5, 0.6) is 0 Å². The minimum Gasteiger partial charge on any atom is -0.336 e. The fraction of sp³-hybridized carbons (Fsp3) is 0.333. The molecule has 0 N–H and O–H groups in total. The van der Waals surface area contributed by atoms with E-state index in [0.29, 0.717) is 17.1 Å². The molecule has 118 valence electrons. The van der Waals surface area contributed by atoms with Crippen LogP contribution in [0.1, 0.15) is 23.0 Å². The first-order chi connectivity index (χ1) is 10.5. The predicted molar refractivity (Wildman–Crippen MR) is 94.6 cm³/mol. The number of rotatable bonds is 5. The summed E-state index contributed by atoms with van der Waals surface area (Å²) in [4.78, 5) is 15.3. The molecule has 1 aromatic carbocycles. The third-order valence-corrected chi connectivity index (χ3v) is 5.05. The summed E-state index contributed by atoms with van der Waals surface area (Å²) in [5.74, 6) is -0.100. The molecular formula is C15H17BrClN3OS. The van der Waals surface area contributed by atoms with E-state index < -0.39 is 0 Å². The van der Waals surface area contributed by atoms with Gasteiger partial charge in [-0.2, -0.15) is 5.10 Å². The molecule has 0 saturated carbocycles. The highest BCUT2D eigenvalue weighted by Gasteiger charge is 2.18. The molecule has 0 atom stereocenters. The lowest BCUT2D eigenvalue weighted by atomic mass is 10.2. The quantitative estimate of drug-likeness (QED) is 0.699. The monoisotopic (exact) mass is 401 g/mol. The van der Waals surface area contributed by atoms with Crippen molar-refractivity contribution in [3.8, 4) is 0 Å². The van der Waals surface area contributed by atoms with Gasteiger partial charge in [-0.15, -0.1) is 11.8 Å². The molecule has 0 radical (unpaired) electrons. The number of aryl methyl sites for hydroxylation is 1. The minimum atomic E-state index is -0.100. The van der Waals surface area contributed by atoms with Crippen molar-refractivity contribution in [2.45, 2.75) is 24.9 Å². The van der Waals surface area contributed by atoms with Crippen molar-refractivity contribution >= 4 is 45.2 Å². The largest absolute Gasteiger partial charge is 0.336 e. The topological polar surface area (TPSA) is 38.1 Å². The second-order valence-electron chi connectivity index (χ2n) is 4.76. The Morgan fingerprint density at radius 1 is 1.50 bits per heavy atom. The van der Waals surface area contributed by atoms with Gasteiger partial charge in [-0.25, -0.2) is 0 Å². The summed E-state index contributed by atoms with van der Waals surface area (Å²) >= 11 is 11.2. The first-order valence-electron chi connectivity index (χ1n) is 6.77. The lowest BCUT2D eigenvalue weighted by Crippen LogP contribution is -2.28. The average Bonchev–Trinajstić information content (AvgIpc) is 2.87. The van der Waals surface area contributed by atoms with Crippen LogP contribution in [-0.4, -0.2) is 33.9 Å². The number of carbonyl (C=O) groups is 1. The summed E-state index contributed by atoms with van der Waals surface area (Å²) < 4.78 is 2.77.